The minimum Gasteiger partial charge on any atom is -0.317 e. The first kappa shape index (κ1) is 12.4. The fourth-order valence-corrected chi connectivity index (χ4v) is 2.65. The second kappa shape index (κ2) is 5.53. The molecule has 1 N–H and O–H groups in total. The number of nitrogens with one attached hydrogen (secondary N) is 1. The van der Waals surface area contributed by atoms with E-state index in [1.165, 1.54) is 24.5 Å². The average Bonchev–Trinajstić information content (AvgIpc) is 2.88. The Bertz CT molecular complexity index is 544. The number of hydrogen-bond donors (Lipinski definition) is 1. The highest BCUT2D eigenvalue weighted by Gasteiger charge is 2.16. The predicted molar refractivity (Wildman–Crippen MR) is 72.6 cm³/mol. The van der Waals surface area contributed by atoms with Gasteiger partial charge in [0.15, 0.2) is 0 Å². The van der Waals surface area contributed by atoms with Crippen LogP contribution < -0.4 is 5.32 Å². The van der Waals surface area contributed by atoms with Crippen LogP contribution in [0.5, 0.6) is 0 Å². The summed E-state index contributed by atoms with van der Waals surface area (Å²) in [5, 5.41) is 7.76. The lowest BCUT2D eigenvalue weighted by Crippen LogP contribution is -2.26. The van der Waals surface area contributed by atoms with Gasteiger partial charge in [0.1, 0.15) is 5.82 Å². The standard InChI is InChI=1S/C15H18FN3/c16-15-3-1-2-12(8-15)10-19-11-14(9-18-19)13-4-6-17-7-5-13/h1-3,8-9,11,13,17H,4-7,10H2. The van der Waals surface area contributed by atoms with E-state index in [-0.39, 0.29) is 5.82 Å². The number of hydrogen-bond acceptors (Lipinski definition) is 2. The molecule has 0 atom stereocenters. The Morgan fingerprint density at radius 3 is 2.95 bits per heavy atom. The third-order valence-corrected chi connectivity index (χ3v) is 3.70. The molecule has 1 aliphatic rings. The average molecular weight is 259 g/mol. The Kier molecular flexibility index (Phi) is 3.60. The van der Waals surface area contributed by atoms with E-state index in [1.54, 1.807) is 12.1 Å². The summed E-state index contributed by atoms with van der Waals surface area (Å²) in [5.74, 6) is 0.422. The van der Waals surface area contributed by atoms with Crippen molar-refractivity contribution in [2.75, 3.05) is 13.1 Å². The van der Waals surface area contributed by atoms with Crippen LogP contribution in [-0.4, -0.2) is 22.9 Å². The van der Waals surface area contributed by atoms with Crippen LogP contribution in [0.4, 0.5) is 4.39 Å². The second-order valence-electron chi connectivity index (χ2n) is 5.13. The molecular formula is C15H18FN3. The van der Waals surface area contributed by atoms with E-state index in [0.717, 1.165) is 18.7 Å². The van der Waals surface area contributed by atoms with E-state index >= 15 is 0 Å². The molecule has 19 heavy (non-hydrogen) atoms. The zero-order valence-corrected chi connectivity index (χ0v) is 10.8. The van der Waals surface area contributed by atoms with Gasteiger partial charge < -0.3 is 5.32 Å². The molecule has 4 heteroatoms. The summed E-state index contributed by atoms with van der Waals surface area (Å²) < 4.78 is 15.0. The molecule has 1 fully saturated rings. The number of aromatic nitrogens is 2. The van der Waals surface area contributed by atoms with E-state index in [1.807, 2.05) is 16.9 Å². The minimum atomic E-state index is -0.191. The molecule has 1 aromatic carbocycles. The smallest absolute Gasteiger partial charge is 0.123 e. The zero-order valence-electron chi connectivity index (χ0n) is 10.8. The Labute approximate surface area is 112 Å². The number of halogens is 1. The SMILES string of the molecule is Fc1cccc(Cn2cc(C3CCNCC3)cn2)c1. The van der Waals surface area contributed by atoms with Crippen molar-refractivity contribution >= 4 is 0 Å². The molecule has 2 aromatic rings. The predicted octanol–water partition coefficient (Wildman–Crippen LogP) is 2.54. The number of rotatable bonds is 3. The minimum absolute atomic E-state index is 0.191. The molecule has 100 valence electrons. The quantitative estimate of drug-likeness (QED) is 0.918. The van der Waals surface area contributed by atoms with Gasteiger partial charge in [0.2, 0.25) is 0 Å². The van der Waals surface area contributed by atoms with E-state index in [4.69, 9.17) is 0 Å². The summed E-state index contributed by atoms with van der Waals surface area (Å²) in [5.41, 5.74) is 2.25. The number of benzene rings is 1. The second-order valence-corrected chi connectivity index (χ2v) is 5.13. The summed E-state index contributed by atoms with van der Waals surface area (Å²) in [4.78, 5) is 0. The highest BCUT2D eigenvalue weighted by Crippen LogP contribution is 2.24. The lowest BCUT2D eigenvalue weighted by Gasteiger charge is -2.21. The highest BCUT2D eigenvalue weighted by molar-refractivity contribution is 5.18. The lowest BCUT2D eigenvalue weighted by molar-refractivity contribution is 0.460. The Morgan fingerprint density at radius 2 is 2.16 bits per heavy atom. The van der Waals surface area contributed by atoms with Crippen molar-refractivity contribution in [3.8, 4) is 0 Å². The van der Waals surface area contributed by atoms with Gasteiger partial charge in [0.05, 0.1) is 12.7 Å². The van der Waals surface area contributed by atoms with E-state index in [2.05, 4.69) is 16.6 Å². The van der Waals surface area contributed by atoms with Crippen LogP contribution in [0, 0.1) is 5.82 Å². The van der Waals surface area contributed by atoms with Gasteiger partial charge in [-0.3, -0.25) is 4.68 Å². The fourth-order valence-electron chi connectivity index (χ4n) is 2.65. The normalized spacial score (nSPS) is 16.7. The van der Waals surface area contributed by atoms with Crippen molar-refractivity contribution in [2.24, 2.45) is 0 Å². The Hall–Kier alpha value is -1.68. The topological polar surface area (TPSA) is 29.9 Å². The molecule has 0 radical (unpaired) electrons. The lowest BCUT2D eigenvalue weighted by atomic mass is 9.93. The summed E-state index contributed by atoms with van der Waals surface area (Å²) in [6.45, 7) is 2.79. The molecule has 0 unspecified atom stereocenters. The molecule has 3 nitrogen and oxygen atoms in total. The summed E-state index contributed by atoms with van der Waals surface area (Å²) >= 11 is 0. The zero-order chi connectivity index (χ0) is 13.1. The van der Waals surface area contributed by atoms with Crippen LogP contribution in [0.15, 0.2) is 36.7 Å². The first-order valence-corrected chi connectivity index (χ1v) is 6.79. The largest absolute Gasteiger partial charge is 0.317 e. The van der Waals surface area contributed by atoms with Crippen LogP contribution in [0.3, 0.4) is 0 Å². The molecule has 0 bridgehead atoms. The maximum absolute atomic E-state index is 13.1. The van der Waals surface area contributed by atoms with Gasteiger partial charge in [0.25, 0.3) is 0 Å². The summed E-state index contributed by atoms with van der Waals surface area (Å²) in [7, 11) is 0. The third kappa shape index (κ3) is 3.01. The molecule has 0 amide bonds. The summed E-state index contributed by atoms with van der Waals surface area (Å²) in [6, 6.07) is 6.69. The Balaban J connectivity index is 1.70. The van der Waals surface area contributed by atoms with Gasteiger partial charge in [-0.15, -0.1) is 0 Å². The molecule has 2 heterocycles. The molecule has 0 saturated carbocycles. The van der Waals surface area contributed by atoms with Crippen LogP contribution in [0.1, 0.15) is 29.9 Å². The van der Waals surface area contributed by atoms with Gasteiger partial charge in [0, 0.05) is 6.20 Å². The number of piperidine rings is 1. The van der Waals surface area contributed by atoms with Crippen LogP contribution >= 0.6 is 0 Å². The third-order valence-electron chi connectivity index (χ3n) is 3.70. The number of nitrogens with zero attached hydrogens (tertiary/aromatic N) is 2. The van der Waals surface area contributed by atoms with Gasteiger partial charge in [-0.05, 0) is 55.1 Å². The van der Waals surface area contributed by atoms with Gasteiger partial charge >= 0.3 is 0 Å². The van der Waals surface area contributed by atoms with Crippen molar-refractivity contribution in [3.63, 3.8) is 0 Å². The van der Waals surface area contributed by atoms with Crippen molar-refractivity contribution in [1.29, 1.82) is 0 Å². The van der Waals surface area contributed by atoms with E-state index < -0.39 is 0 Å². The van der Waals surface area contributed by atoms with Crippen LogP contribution in [0.25, 0.3) is 0 Å². The Morgan fingerprint density at radius 1 is 1.32 bits per heavy atom. The van der Waals surface area contributed by atoms with E-state index in [0.29, 0.717) is 12.5 Å². The molecule has 1 saturated heterocycles. The van der Waals surface area contributed by atoms with Gasteiger partial charge in [-0.25, -0.2) is 4.39 Å². The maximum Gasteiger partial charge on any atom is 0.123 e. The highest BCUT2D eigenvalue weighted by atomic mass is 19.1. The van der Waals surface area contributed by atoms with Gasteiger partial charge in [-0.1, -0.05) is 12.1 Å². The van der Waals surface area contributed by atoms with Crippen molar-refractivity contribution in [3.05, 3.63) is 53.6 Å². The van der Waals surface area contributed by atoms with Crippen LogP contribution in [0.2, 0.25) is 0 Å². The monoisotopic (exact) mass is 259 g/mol. The molecule has 0 aliphatic carbocycles. The summed E-state index contributed by atoms with van der Waals surface area (Å²) in [6.07, 6.45) is 6.40. The van der Waals surface area contributed by atoms with Crippen molar-refractivity contribution in [1.82, 2.24) is 15.1 Å². The first-order chi connectivity index (χ1) is 9.31. The maximum atomic E-state index is 13.1. The van der Waals surface area contributed by atoms with Crippen LogP contribution in [-0.2, 0) is 6.54 Å². The first-order valence-electron chi connectivity index (χ1n) is 6.79. The van der Waals surface area contributed by atoms with E-state index in [9.17, 15) is 4.39 Å². The molecule has 1 aliphatic heterocycles. The van der Waals surface area contributed by atoms with Gasteiger partial charge in [-0.2, -0.15) is 5.10 Å². The molecule has 1 aromatic heterocycles. The fraction of sp³-hybridized carbons (Fsp3) is 0.400. The molecular weight excluding hydrogens is 241 g/mol. The van der Waals surface area contributed by atoms with Crippen molar-refractivity contribution in [2.45, 2.75) is 25.3 Å². The molecule has 0 spiro atoms. The van der Waals surface area contributed by atoms with Crippen molar-refractivity contribution < 1.29 is 4.39 Å². The molecule has 3 rings (SSSR count).